The van der Waals surface area contributed by atoms with E-state index in [2.05, 4.69) is 13.3 Å². The predicted octanol–water partition coefficient (Wildman–Crippen LogP) is 8.36. The van der Waals surface area contributed by atoms with Crippen LogP contribution in [-0.4, -0.2) is 36.0 Å². The summed E-state index contributed by atoms with van der Waals surface area (Å²) in [5.41, 5.74) is 4.56. The molecule has 3 rings (SSSR count). The molecule has 4 atom stereocenters. The van der Waals surface area contributed by atoms with Gasteiger partial charge in [0.05, 0.1) is 0 Å². The van der Waals surface area contributed by atoms with Crippen molar-refractivity contribution in [1.29, 1.82) is 0 Å². The Morgan fingerprint density at radius 3 is 1.08 bits per heavy atom. The van der Waals surface area contributed by atoms with Crippen molar-refractivity contribution in [2.24, 2.45) is 0 Å². The zero-order valence-corrected chi connectivity index (χ0v) is 19.0. The first-order chi connectivity index (χ1) is 12.3. The van der Waals surface area contributed by atoms with Crippen LogP contribution in [0.3, 0.4) is 0 Å². The fourth-order valence-corrected chi connectivity index (χ4v) is 13.4. The third kappa shape index (κ3) is 5.92. The van der Waals surface area contributed by atoms with Crippen molar-refractivity contribution in [2.75, 3.05) is 13.3 Å². The lowest BCUT2D eigenvalue weighted by Crippen LogP contribution is -2.25. The molecule has 3 fully saturated rings. The van der Waals surface area contributed by atoms with E-state index in [4.69, 9.17) is 0 Å². The molecule has 0 bridgehead atoms. The Kier molecular flexibility index (Phi) is 9.06. The molecular formula is C23H44P2. The molecule has 146 valence electrons. The zero-order chi connectivity index (χ0) is 17.5. The minimum absolute atomic E-state index is 0.283. The zero-order valence-electron chi connectivity index (χ0n) is 17.2. The van der Waals surface area contributed by atoms with Crippen molar-refractivity contribution >= 4 is 15.8 Å². The summed E-state index contributed by atoms with van der Waals surface area (Å²) >= 11 is 0. The topological polar surface area (TPSA) is 0 Å². The minimum Gasteiger partial charge on any atom is -0.103 e. The van der Waals surface area contributed by atoms with E-state index in [9.17, 15) is 0 Å². The van der Waals surface area contributed by atoms with Crippen molar-refractivity contribution in [3.05, 3.63) is 0 Å². The van der Waals surface area contributed by atoms with Gasteiger partial charge in [0.2, 0.25) is 0 Å². The summed E-state index contributed by atoms with van der Waals surface area (Å²) in [5.74, 6) is 0. The van der Waals surface area contributed by atoms with Gasteiger partial charge in [-0.05, 0) is 74.5 Å². The van der Waals surface area contributed by atoms with Crippen LogP contribution in [0.15, 0.2) is 0 Å². The van der Waals surface area contributed by atoms with Crippen molar-refractivity contribution in [3.8, 4) is 0 Å². The predicted molar refractivity (Wildman–Crippen MR) is 119 cm³/mol. The third-order valence-corrected chi connectivity index (χ3v) is 14.7. The van der Waals surface area contributed by atoms with Gasteiger partial charge in [-0.25, -0.2) is 0 Å². The van der Waals surface area contributed by atoms with Gasteiger partial charge in [0.1, 0.15) is 0 Å². The summed E-state index contributed by atoms with van der Waals surface area (Å²) in [6.45, 7) is 5.48. The van der Waals surface area contributed by atoms with Gasteiger partial charge in [-0.1, -0.05) is 70.6 Å². The van der Waals surface area contributed by atoms with Crippen LogP contribution < -0.4 is 0 Å². The maximum atomic E-state index is 2.74. The van der Waals surface area contributed by atoms with Gasteiger partial charge in [0, 0.05) is 0 Å². The van der Waals surface area contributed by atoms with Crippen LogP contribution in [0, 0.1) is 0 Å². The Morgan fingerprint density at radius 2 is 0.720 bits per heavy atom. The maximum absolute atomic E-state index is 2.74. The van der Waals surface area contributed by atoms with Crippen molar-refractivity contribution in [2.45, 2.75) is 132 Å². The molecular weight excluding hydrogens is 338 g/mol. The fraction of sp³-hybridized carbons (Fsp3) is 1.00. The van der Waals surface area contributed by atoms with Crippen molar-refractivity contribution in [3.63, 3.8) is 0 Å². The molecule has 0 radical (unpaired) electrons. The largest absolute Gasteiger partial charge is 0.103 e. The third-order valence-electron chi connectivity index (χ3n) is 7.79. The Morgan fingerprint density at radius 1 is 0.400 bits per heavy atom. The Balaban J connectivity index is 1.59. The molecule has 0 N–H and O–H groups in total. The van der Waals surface area contributed by atoms with Crippen LogP contribution in [-0.2, 0) is 0 Å². The van der Waals surface area contributed by atoms with Gasteiger partial charge in [-0.2, -0.15) is 0 Å². The van der Waals surface area contributed by atoms with E-state index in [1.807, 2.05) is 0 Å². The molecule has 25 heavy (non-hydrogen) atoms. The van der Waals surface area contributed by atoms with E-state index in [0.717, 1.165) is 22.6 Å². The van der Waals surface area contributed by atoms with Crippen molar-refractivity contribution < 1.29 is 0 Å². The van der Waals surface area contributed by atoms with Crippen LogP contribution in [0.4, 0.5) is 0 Å². The highest BCUT2D eigenvalue weighted by molar-refractivity contribution is 7.62. The number of rotatable bonds is 4. The lowest BCUT2D eigenvalue weighted by Gasteiger charge is -2.39. The van der Waals surface area contributed by atoms with Crippen LogP contribution >= 0.6 is 15.8 Å². The van der Waals surface area contributed by atoms with Crippen LogP contribution in [0.2, 0.25) is 0 Å². The van der Waals surface area contributed by atoms with E-state index < -0.39 is 0 Å². The second kappa shape index (κ2) is 11.0. The first kappa shape index (κ1) is 20.6. The first-order valence-electron chi connectivity index (χ1n) is 11.7. The van der Waals surface area contributed by atoms with E-state index in [0.29, 0.717) is 0 Å². The van der Waals surface area contributed by atoms with E-state index in [1.54, 1.807) is 44.9 Å². The molecule has 0 aromatic rings. The van der Waals surface area contributed by atoms with Gasteiger partial charge in [0.25, 0.3) is 0 Å². The summed E-state index contributed by atoms with van der Waals surface area (Å²) in [5, 5.41) is 0. The molecule has 0 aromatic carbocycles. The molecule has 2 heteroatoms. The van der Waals surface area contributed by atoms with Gasteiger partial charge < -0.3 is 0 Å². The molecule has 0 spiro atoms. The van der Waals surface area contributed by atoms with E-state index in [-0.39, 0.29) is 15.8 Å². The first-order valence-corrected chi connectivity index (χ1v) is 15.6. The summed E-state index contributed by atoms with van der Waals surface area (Å²) in [7, 11) is 0.566. The van der Waals surface area contributed by atoms with Gasteiger partial charge in [-0.15, -0.1) is 15.8 Å². The highest BCUT2D eigenvalue weighted by Crippen LogP contribution is 2.62. The second-order valence-corrected chi connectivity index (χ2v) is 14.8. The highest BCUT2D eigenvalue weighted by atomic mass is 31.1. The maximum Gasteiger partial charge on any atom is -0.0141 e. The Labute approximate surface area is 161 Å². The Hall–Kier alpha value is 0.860. The number of hydrogen-bond acceptors (Lipinski definition) is 0. The minimum atomic E-state index is 0.283. The monoisotopic (exact) mass is 382 g/mol. The second-order valence-electron chi connectivity index (χ2n) is 9.39. The molecule has 0 nitrogen and oxygen atoms in total. The average molecular weight is 383 g/mol. The van der Waals surface area contributed by atoms with E-state index >= 15 is 0 Å². The number of hydrogen-bond donors (Lipinski definition) is 0. The molecule has 3 aliphatic carbocycles. The van der Waals surface area contributed by atoms with Crippen molar-refractivity contribution in [1.82, 2.24) is 0 Å². The molecule has 0 heterocycles. The standard InChI is InChI=1S/C23H44P2/c1-24(20-14-9-5-3-6-10-15-20)22-18-13-19-23(22)25(2)21-16-11-7-4-8-12-17-21/h20-23H,3-19H2,1-2H3/t22-,23-,24?,25?/m0/s1. The fourth-order valence-electron chi connectivity index (χ4n) is 6.10. The quantitative estimate of drug-likeness (QED) is 0.428. The summed E-state index contributed by atoms with van der Waals surface area (Å²) in [6, 6.07) is 0. The van der Waals surface area contributed by atoms with Crippen LogP contribution in [0.1, 0.15) is 109 Å². The SMILES string of the molecule is CP(C1CCCCCCC1)[C@H]1CCC[C@@H]1P(C)C1CCCCCCC1. The van der Waals surface area contributed by atoms with Gasteiger partial charge in [-0.3, -0.25) is 0 Å². The molecule has 2 unspecified atom stereocenters. The Bertz CT molecular complexity index is 319. The van der Waals surface area contributed by atoms with Crippen LogP contribution in [0.5, 0.6) is 0 Å². The molecule has 0 aromatic heterocycles. The van der Waals surface area contributed by atoms with Crippen LogP contribution in [0.25, 0.3) is 0 Å². The molecule has 0 amide bonds. The molecule has 0 saturated heterocycles. The van der Waals surface area contributed by atoms with Gasteiger partial charge >= 0.3 is 0 Å². The van der Waals surface area contributed by atoms with Gasteiger partial charge in [0.15, 0.2) is 0 Å². The molecule has 3 aliphatic rings. The molecule has 3 saturated carbocycles. The highest BCUT2D eigenvalue weighted by Gasteiger charge is 2.39. The smallest absolute Gasteiger partial charge is 0.0141 e. The lowest BCUT2D eigenvalue weighted by molar-refractivity contribution is 0.505. The lowest BCUT2D eigenvalue weighted by atomic mass is 10.0. The average Bonchev–Trinajstić information content (AvgIpc) is 3.02. The normalized spacial score (nSPS) is 33.8. The summed E-state index contributed by atoms with van der Waals surface area (Å²) < 4.78 is 0. The summed E-state index contributed by atoms with van der Waals surface area (Å²) in [6.07, 6.45) is 26.4. The summed E-state index contributed by atoms with van der Waals surface area (Å²) in [4.78, 5) is 0. The molecule has 0 aliphatic heterocycles. The van der Waals surface area contributed by atoms with E-state index in [1.165, 1.54) is 64.2 Å².